The van der Waals surface area contributed by atoms with Crippen molar-refractivity contribution in [1.29, 1.82) is 0 Å². The van der Waals surface area contributed by atoms with Crippen LogP contribution in [0.5, 0.6) is 0 Å². The van der Waals surface area contributed by atoms with Gasteiger partial charge in [-0.05, 0) is 58.2 Å². The van der Waals surface area contributed by atoms with Gasteiger partial charge in [-0.25, -0.2) is 8.42 Å². The minimum absolute atomic E-state index is 0.0195. The summed E-state index contributed by atoms with van der Waals surface area (Å²) in [7, 11) is -5.48. The van der Waals surface area contributed by atoms with E-state index in [1.165, 1.54) is 16.7 Å². The fraction of sp³-hybridized carbons (Fsp3) is 0.333. The van der Waals surface area contributed by atoms with Crippen LogP contribution in [0.4, 0.5) is 0 Å². The summed E-state index contributed by atoms with van der Waals surface area (Å²) in [4.78, 5) is 0.466. The van der Waals surface area contributed by atoms with Crippen LogP contribution in [-0.2, 0) is 25.8 Å². The van der Waals surface area contributed by atoms with Crippen LogP contribution in [0.15, 0.2) is 120 Å². The van der Waals surface area contributed by atoms with E-state index in [2.05, 4.69) is 105 Å². The van der Waals surface area contributed by atoms with Gasteiger partial charge >= 0.3 is 0 Å². The van der Waals surface area contributed by atoms with Gasteiger partial charge in [0.2, 0.25) is 0 Å². The maximum Gasteiger partial charge on any atom is 0.181 e. The maximum atomic E-state index is 14.7. The van der Waals surface area contributed by atoms with Crippen LogP contribution in [0.3, 0.4) is 0 Å². The second-order valence-electron chi connectivity index (χ2n) is 13.7. The number of hydrogen-bond acceptors (Lipinski definition) is 3. The van der Waals surface area contributed by atoms with Crippen LogP contribution in [0, 0.1) is 23.7 Å². The lowest BCUT2D eigenvalue weighted by molar-refractivity contribution is -0.0675. The zero-order chi connectivity index (χ0) is 28.2. The van der Waals surface area contributed by atoms with Gasteiger partial charge in [0, 0.05) is 19.9 Å². The molecular weight excluding hydrogens is 541 g/mol. The molecule has 0 amide bonds. The smallest absolute Gasteiger partial charge is 0.181 e. The van der Waals surface area contributed by atoms with Gasteiger partial charge in [-0.2, -0.15) is 0 Å². The van der Waals surface area contributed by atoms with Crippen LogP contribution in [0.25, 0.3) is 0 Å². The van der Waals surface area contributed by atoms with Gasteiger partial charge in [-0.1, -0.05) is 123 Å². The summed E-state index contributed by atoms with van der Waals surface area (Å²) in [5.74, 6) is 0.579. The summed E-state index contributed by atoms with van der Waals surface area (Å²) >= 11 is 0. The predicted octanol–water partition coefficient (Wildman–Crippen LogP) is 7.65. The molecule has 0 N–H and O–H groups in total. The van der Waals surface area contributed by atoms with Crippen LogP contribution in [-0.4, -0.2) is 21.7 Å². The molecule has 0 unspecified atom stereocenters. The summed E-state index contributed by atoms with van der Waals surface area (Å²) in [5.41, 5.74) is 3.68. The van der Waals surface area contributed by atoms with E-state index >= 15 is 0 Å². The van der Waals surface area contributed by atoms with Crippen molar-refractivity contribution in [2.75, 3.05) is 0 Å². The standard InChI is InChI=1S/C36H36O3SSi/c1-41(2,3)34-28-23-27(33(34)40(37,38)26-19-11-6-12-20-26)31-32(28)36(25-17-9-5-10-18-25)30-22-14-13-21-29(30)35(31,39-36)24-15-7-4-8-16-24/h4-22,27-28,31-34H,23H2,1-3H3/t27-,28-,31+,32-,33+,34+,35-,36-/m0/s1. The van der Waals surface area contributed by atoms with Crippen LogP contribution in [0.2, 0.25) is 25.2 Å². The molecule has 3 fully saturated rings. The highest BCUT2D eigenvalue weighted by Gasteiger charge is 2.81. The SMILES string of the molecule is C[Si](C)(C)[C@@H]1[C@H]2C[C@@H]([C@@H]3[C@H]2[C@@]2(c4ccccc4)O[C@@]3(c3ccccc3)c3ccccc32)[C@H]1S(=O)(=O)c1ccccc1. The van der Waals surface area contributed by atoms with Gasteiger partial charge in [0.25, 0.3) is 0 Å². The number of fused-ring (bicyclic) bond motifs is 12. The fourth-order valence-electron chi connectivity index (χ4n) is 9.97. The minimum atomic E-state index is -3.55. The van der Waals surface area contributed by atoms with Gasteiger partial charge in [-0.3, -0.25) is 0 Å². The number of sulfone groups is 1. The molecule has 5 heteroatoms. The van der Waals surface area contributed by atoms with E-state index in [1.807, 2.05) is 18.2 Å². The van der Waals surface area contributed by atoms with Crippen molar-refractivity contribution in [3.8, 4) is 0 Å². The van der Waals surface area contributed by atoms with Crippen molar-refractivity contribution >= 4 is 17.9 Å². The lowest BCUT2D eigenvalue weighted by Crippen LogP contribution is -2.54. The Kier molecular flexibility index (Phi) is 5.34. The van der Waals surface area contributed by atoms with Gasteiger partial charge in [0.05, 0.1) is 10.1 Å². The zero-order valence-corrected chi connectivity index (χ0v) is 25.6. The monoisotopic (exact) mass is 576 g/mol. The molecule has 4 aliphatic rings. The minimum Gasteiger partial charge on any atom is -0.349 e. The first kappa shape index (κ1) is 25.7. The van der Waals surface area contributed by atoms with Crippen molar-refractivity contribution < 1.29 is 13.2 Å². The normalized spacial score (nSPS) is 34.9. The molecule has 4 bridgehead atoms. The molecule has 2 saturated carbocycles. The van der Waals surface area contributed by atoms with Gasteiger partial charge in [0.1, 0.15) is 11.2 Å². The third kappa shape index (κ3) is 3.15. The molecule has 41 heavy (non-hydrogen) atoms. The third-order valence-electron chi connectivity index (χ3n) is 10.9. The van der Waals surface area contributed by atoms with Crippen LogP contribution < -0.4 is 0 Å². The van der Waals surface area contributed by atoms with E-state index in [0.717, 1.165) is 12.0 Å². The zero-order valence-electron chi connectivity index (χ0n) is 23.8. The average molecular weight is 577 g/mol. The molecule has 1 saturated heterocycles. The molecule has 2 aliphatic carbocycles. The summed E-state index contributed by atoms with van der Waals surface area (Å²) in [6.07, 6.45) is 0.946. The second-order valence-corrected chi connectivity index (χ2v) is 21.2. The molecule has 3 nitrogen and oxygen atoms in total. The first-order valence-electron chi connectivity index (χ1n) is 14.9. The Morgan fingerprint density at radius 3 is 1.56 bits per heavy atom. The van der Waals surface area contributed by atoms with E-state index in [1.54, 1.807) is 12.1 Å². The Hall–Kier alpha value is -2.99. The van der Waals surface area contributed by atoms with Crippen molar-refractivity contribution in [2.45, 2.75) is 53.0 Å². The topological polar surface area (TPSA) is 43.4 Å². The number of benzene rings is 4. The molecule has 0 aromatic heterocycles. The molecule has 8 rings (SSSR count). The third-order valence-corrected chi connectivity index (χ3v) is 16.2. The van der Waals surface area contributed by atoms with Gasteiger partial charge in [0.15, 0.2) is 9.84 Å². The van der Waals surface area contributed by atoms with Gasteiger partial charge < -0.3 is 4.74 Å². The van der Waals surface area contributed by atoms with Crippen molar-refractivity contribution in [2.24, 2.45) is 23.7 Å². The number of hydrogen-bond donors (Lipinski definition) is 0. The van der Waals surface area contributed by atoms with Crippen molar-refractivity contribution in [1.82, 2.24) is 0 Å². The lowest BCUT2D eigenvalue weighted by Gasteiger charge is -2.50. The maximum absolute atomic E-state index is 14.7. The fourth-order valence-corrected chi connectivity index (χ4v) is 16.8. The largest absolute Gasteiger partial charge is 0.349 e. The Bertz CT molecular complexity index is 1730. The van der Waals surface area contributed by atoms with Crippen LogP contribution >= 0.6 is 0 Å². The van der Waals surface area contributed by atoms with E-state index in [-0.39, 0.29) is 29.2 Å². The molecular formula is C36H36O3SSi. The van der Waals surface area contributed by atoms with E-state index in [0.29, 0.717) is 4.90 Å². The Morgan fingerprint density at radius 2 is 1.07 bits per heavy atom. The highest BCUT2D eigenvalue weighted by Crippen LogP contribution is 2.80. The molecule has 2 heterocycles. The summed E-state index contributed by atoms with van der Waals surface area (Å²) in [6.45, 7) is 7.14. The Balaban J connectivity index is 1.43. The van der Waals surface area contributed by atoms with Crippen LogP contribution in [0.1, 0.15) is 28.7 Å². The molecule has 0 spiro atoms. The Morgan fingerprint density at radius 1 is 0.634 bits per heavy atom. The first-order valence-corrected chi connectivity index (χ1v) is 20.0. The van der Waals surface area contributed by atoms with Gasteiger partial charge in [-0.15, -0.1) is 0 Å². The van der Waals surface area contributed by atoms with E-state index in [9.17, 15) is 8.42 Å². The van der Waals surface area contributed by atoms with E-state index < -0.39 is 34.4 Å². The quantitative estimate of drug-likeness (QED) is 0.229. The summed E-state index contributed by atoms with van der Waals surface area (Å²) in [6, 6.07) is 39.4. The summed E-state index contributed by atoms with van der Waals surface area (Å²) in [5, 5.41) is -0.397. The molecule has 0 radical (unpaired) electrons. The highest BCUT2D eigenvalue weighted by molar-refractivity contribution is 7.92. The van der Waals surface area contributed by atoms with Crippen molar-refractivity contribution in [3.05, 3.63) is 138 Å². The van der Waals surface area contributed by atoms with Crippen molar-refractivity contribution in [3.63, 3.8) is 0 Å². The number of rotatable bonds is 5. The molecule has 8 atom stereocenters. The lowest BCUT2D eigenvalue weighted by atomic mass is 9.56. The van der Waals surface area contributed by atoms with E-state index in [4.69, 9.17) is 4.74 Å². The second kappa shape index (κ2) is 8.53. The Labute approximate surface area is 244 Å². The molecule has 4 aromatic rings. The first-order chi connectivity index (χ1) is 19.7. The molecule has 2 aliphatic heterocycles. The molecule has 208 valence electrons. The predicted molar refractivity (Wildman–Crippen MR) is 165 cm³/mol. The average Bonchev–Trinajstić information content (AvgIpc) is 3.74. The highest BCUT2D eigenvalue weighted by atomic mass is 32.2. The number of ether oxygens (including phenoxy) is 1. The summed E-state index contributed by atoms with van der Waals surface area (Å²) < 4.78 is 37.1. The molecule has 4 aromatic carbocycles.